The van der Waals surface area contributed by atoms with E-state index in [2.05, 4.69) is 20.3 Å². The molecule has 106 valence electrons. The molecule has 5 nitrogen and oxygen atoms in total. The summed E-state index contributed by atoms with van der Waals surface area (Å²) < 4.78 is 0. The van der Waals surface area contributed by atoms with Crippen LogP contribution in [0.3, 0.4) is 0 Å². The van der Waals surface area contributed by atoms with Crippen LogP contribution in [0.1, 0.15) is 17.5 Å². The van der Waals surface area contributed by atoms with Crippen LogP contribution in [0, 0.1) is 0 Å². The summed E-state index contributed by atoms with van der Waals surface area (Å²) in [7, 11) is 0. The summed E-state index contributed by atoms with van der Waals surface area (Å²) in [6, 6.07) is 7.71. The number of carbonyl (C=O) groups excluding carboxylic acids is 1. The minimum Gasteiger partial charge on any atom is -0.352 e. The van der Waals surface area contributed by atoms with E-state index in [1.54, 1.807) is 18.6 Å². The molecular formula is C16H16N4O. The van der Waals surface area contributed by atoms with Crippen LogP contribution in [-0.4, -0.2) is 20.9 Å². The Balaban J connectivity index is 1.54. The maximum atomic E-state index is 11.9. The molecule has 0 aromatic carbocycles. The van der Waals surface area contributed by atoms with Gasteiger partial charge < -0.3 is 10.3 Å². The smallest absolute Gasteiger partial charge is 0.220 e. The Hall–Kier alpha value is -2.69. The maximum Gasteiger partial charge on any atom is 0.220 e. The Kier molecular flexibility index (Phi) is 3.91. The van der Waals surface area contributed by atoms with Crippen molar-refractivity contribution in [1.82, 2.24) is 20.3 Å². The number of pyridine rings is 2. The van der Waals surface area contributed by atoms with Crippen LogP contribution in [0.4, 0.5) is 0 Å². The van der Waals surface area contributed by atoms with Gasteiger partial charge in [0.15, 0.2) is 0 Å². The molecule has 0 spiro atoms. The molecule has 2 N–H and O–H groups in total. The maximum absolute atomic E-state index is 11.9. The first-order valence-corrected chi connectivity index (χ1v) is 6.89. The fraction of sp³-hybridized carbons (Fsp3) is 0.188. The van der Waals surface area contributed by atoms with E-state index >= 15 is 0 Å². The van der Waals surface area contributed by atoms with Crippen LogP contribution in [0.2, 0.25) is 0 Å². The van der Waals surface area contributed by atoms with Crippen molar-refractivity contribution in [3.63, 3.8) is 0 Å². The summed E-state index contributed by atoms with van der Waals surface area (Å²) in [6.07, 6.45) is 8.29. The number of fused-ring (bicyclic) bond motifs is 1. The summed E-state index contributed by atoms with van der Waals surface area (Å²) in [4.78, 5) is 23.2. The van der Waals surface area contributed by atoms with Gasteiger partial charge in [-0.1, -0.05) is 0 Å². The van der Waals surface area contributed by atoms with E-state index in [0.717, 1.165) is 22.2 Å². The Morgan fingerprint density at radius 3 is 2.90 bits per heavy atom. The molecule has 3 heterocycles. The highest BCUT2D eigenvalue weighted by Gasteiger charge is 2.07. The first-order valence-electron chi connectivity index (χ1n) is 6.89. The third-order valence-corrected chi connectivity index (χ3v) is 3.40. The zero-order valence-electron chi connectivity index (χ0n) is 11.5. The molecule has 0 bridgehead atoms. The van der Waals surface area contributed by atoms with Gasteiger partial charge in [0.25, 0.3) is 0 Å². The van der Waals surface area contributed by atoms with Gasteiger partial charge in [-0.15, -0.1) is 0 Å². The average molecular weight is 280 g/mol. The summed E-state index contributed by atoms with van der Waals surface area (Å²) in [6.45, 7) is 0.538. The summed E-state index contributed by atoms with van der Waals surface area (Å²) in [5.74, 6) is 0.0463. The Morgan fingerprint density at radius 2 is 2.05 bits per heavy atom. The highest BCUT2D eigenvalue weighted by atomic mass is 16.1. The van der Waals surface area contributed by atoms with E-state index in [1.165, 1.54) is 0 Å². The van der Waals surface area contributed by atoms with Gasteiger partial charge in [-0.05, 0) is 41.8 Å². The number of nitrogens with one attached hydrogen (secondary N) is 2. The minimum atomic E-state index is 0.0463. The molecule has 3 aromatic rings. The lowest BCUT2D eigenvalue weighted by molar-refractivity contribution is -0.121. The highest BCUT2D eigenvalue weighted by molar-refractivity contribution is 5.81. The number of aromatic amines is 1. The summed E-state index contributed by atoms with van der Waals surface area (Å²) >= 11 is 0. The van der Waals surface area contributed by atoms with Crippen LogP contribution in [0.5, 0.6) is 0 Å². The van der Waals surface area contributed by atoms with E-state index in [4.69, 9.17) is 0 Å². The second-order valence-electron chi connectivity index (χ2n) is 4.85. The van der Waals surface area contributed by atoms with E-state index in [-0.39, 0.29) is 5.91 Å². The number of aryl methyl sites for hydroxylation is 1. The molecule has 3 rings (SSSR count). The van der Waals surface area contributed by atoms with Gasteiger partial charge >= 0.3 is 0 Å². The van der Waals surface area contributed by atoms with Crippen LogP contribution >= 0.6 is 0 Å². The highest BCUT2D eigenvalue weighted by Crippen LogP contribution is 2.16. The average Bonchev–Trinajstić information content (AvgIpc) is 2.95. The van der Waals surface area contributed by atoms with Gasteiger partial charge in [0.1, 0.15) is 5.65 Å². The fourth-order valence-corrected chi connectivity index (χ4v) is 2.26. The first-order chi connectivity index (χ1) is 10.3. The molecular weight excluding hydrogens is 264 g/mol. The monoisotopic (exact) mass is 280 g/mol. The molecule has 21 heavy (non-hydrogen) atoms. The van der Waals surface area contributed by atoms with Gasteiger partial charge in [-0.3, -0.25) is 9.78 Å². The summed E-state index contributed by atoms with van der Waals surface area (Å²) in [5, 5.41) is 4.00. The van der Waals surface area contributed by atoms with Gasteiger partial charge in [0, 0.05) is 43.1 Å². The van der Waals surface area contributed by atoms with Crippen molar-refractivity contribution >= 4 is 16.9 Å². The first kappa shape index (κ1) is 13.3. The predicted octanol–water partition coefficient (Wildman–Crippen LogP) is 2.21. The molecule has 0 fully saturated rings. The van der Waals surface area contributed by atoms with Crippen molar-refractivity contribution in [2.45, 2.75) is 19.4 Å². The number of hydrogen-bond donors (Lipinski definition) is 2. The lowest BCUT2D eigenvalue weighted by Gasteiger charge is -2.04. The lowest BCUT2D eigenvalue weighted by Crippen LogP contribution is -2.22. The molecule has 0 saturated heterocycles. The Labute approximate surface area is 122 Å². The fourth-order valence-electron chi connectivity index (χ4n) is 2.26. The molecule has 0 aliphatic carbocycles. The molecule has 1 amide bonds. The number of amides is 1. The number of rotatable bonds is 5. The second kappa shape index (κ2) is 6.17. The van der Waals surface area contributed by atoms with Crippen molar-refractivity contribution in [2.24, 2.45) is 0 Å². The summed E-state index contributed by atoms with van der Waals surface area (Å²) in [5.41, 5.74) is 3.04. The van der Waals surface area contributed by atoms with E-state index < -0.39 is 0 Å². The molecule has 5 heteroatoms. The van der Waals surface area contributed by atoms with Gasteiger partial charge in [0.05, 0.1) is 0 Å². The molecule has 0 aliphatic rings. The number of carbonyl (C=O) groups is 1. The van der Waals surface area contributed by atoms with E-state index in [9.17, 15) is 4.79 Å². The quantitative estimate of drug-likeness (QED) is 0.752. The van der Waals surface area contributed by atoms with Crippen molar-refractivity contribution in [2.75, 3.05) is 0 Å². The molecule has 0 unspecified atom stereocenters. The second-order valence-corrected chi connectivity index (χ2v) is 4.85. The van der Waals surface area contributed by atoms with Gasteiger partial charge in [-0.25, -0.2) is 4.98 Å². The van der Waals surface area contributed by atoms with Gasteiger partial charge in [-0.2, -0.15) is 0 Å². The molecule has 0 atom stereocenters. The van der Waals surface area contributed by atoms with Crippen LogP contribution in [-0.2, 0) is 17.8 Å². The van der Waals surface area contributed by atoms with E-state index in [1.807, 2.05) is 30.5 Å². The topological polar surface area (TPSA) is 70.7 Å². The Morgan fingerprint density at radius 1 is 1.19 bits per heavy atom. The third-order valence-electron chi connectivity index (χ3n) is 3.40. The normalized spacial score (nSPS) is 10.7. The van der Waals surface area contributed by atoms with Crippen molar-refractivity contribution in [3.05, 3.63) is 60.2 Å². The third kappa shape index (κ3) is 3.25. The minimum absolute atomic E-state index is 0.0463. The number of aromatic nitrogens is 3. The van der Waals surface area contributed by atoms with Crippen molar-refractivity contribution < 1.29 is 4.79 Å². The van der Waals surface area contributed by atoms with Crippen LogP contribution in [0.15, 0.2) is 49.1 Å². The van der Waals surface area contributed by atoms with E-state index in [0.29, 0.717) is 19.4 Å². The SMILES string of the molecule is O=C(CCc1c[nH]c2ncccc12)NCc1ccncc1. The molecule has 3 aromatic heterocycles. The van der Waals surface area contributed by atoms with Crippen LogP contribution in [0.25, 0.3) is 11.0 Å². The van der Waals surface area contributed by atoms with Gasteiger partial charge in [0.2, 0.25) is 5.91 Å². The van der Waals surface area contributed by atoms with Crippen LogP contribution < -0.4 is 5.32 Å². The molecule has 0 saturated carbocycles. The standard InChI is InChI=1S/C16H16N4O/c21-15(19-10-12-5-8-17-9-6-12)4-3-13-11-20-16-14(13)2-1-7-18-16/h1-2,5-9,11H,3-4,10H2,(H,18,20)(H,19,21). The van der Waals surface area contributed by atoms with Crippen molar-refractivity contribution in [3.8, 4) is 0 Å². The number of nitrogens with zero attached hydrogens (tertiary/aromatic N) is 2. The Bertz CT molecular complexity index is 736. The van der Waals surface area contributed by atoms with Crippen molar-refractivity contribution in [1.29, 1.82) is 0 Å². The molecule has 0 aliphatic heterocycles. The number of hydrogen-bond acceptors (Lipinski definition) is 3. The zero-order valence-corrected chi connectivity index (χ0v) is 11.5. The largest absolute Gasteiger partial charge is 0.352 e. The number of H-pyrrole nitrogens is 1. The predicted molar refractivity (Wildman–Crippen MR) is 80.5 cm³/mol. The lowest BCUT2D eigenvalue weighted by atomic mass is 10.1. The zero-order chi connectivity index (χ0) is 14.5. The molecule has 0 radical (unpaired) electrons.